The normalized spacial score (nSPS) is 11.1. The number of fused-ring (bicyclic) bond motifs is 1. The molecule has 2 aromatic heterocycles. The highest BCUT2D eigenvalue weighted by molar-refractivity contribution is 6.30. The highest BCUT2D eigenvalue weighted by Crippen LogP contribution is 2.32. The van der Waals surface area contributed by atoms with Crippen molar-refractivity contribution < 1.29 is 4.74 Å². The van der Waals surface area contributed by atoms with E-state index in [1.54, 1.807) is 6.20 Å². The van der Waals surface area contributed by atoms with Gasteiger partial charge < -0.3 is 14.3 Å². The maximum absolute atomic E-state index is 6.19. The van der Waals surface area contributed by atoms with Crippen LogP contribution in [0.4, 0.5) is 0 Å². The van der Waals surface area contributed by atoms with Crippen LogP contribution in [0.25, 0.3) is 22.4 Å². The van der Waals surface area contributed by atoms with Gasteiger partial charge in [-0.1, -0.05) is 23.7 Å². The number of benzene rings is 2. The molecule has 0 aliphatic heterocycles. The molecule has 2 aromatic carbocycles. The number of nitrogens with one attached hydrogen (secondary N) is 1. The van der Waals surface area contributed by atoms with E-state index < -0.39 is 0 Å². The molecule has 126 valence electrons. The second-order valence-corrected chi connectivity index (χ2v) is 6.18. The molecule has 0 bridgehead atoms. The number of hydrogen-bond donors (Lipinski definition) is 1. The Kier molecular flexibility index (Phi) is 4.39. The molecule has 4 rings (SSSR count). The minimum absolute atomic E-state index is 0.604. The van der Waals surface area contributed by atoms with Crippen molar-refractivity contribution >= 4 is 22.6 Å². The quantitative estimate of drug-likeness (QED) is 0.518. The van der Waals surface area contributed by atoms with Crippen LogP contribution in [0, 0.1) is 0 Å². The molecule has 0 atom stereocenters. The van der Waals surface area contributed by atoms with Gasteiger partial charge in [0.1, 0.15) is 11.6 Å². The second kappa shape index (κ2) is 6.99. The maximum atomic E-state index is 6.19. The molecule has 0 radical (unpaired) electrons. The van der Waals surface area contributed by atoms with E-state index in [1.165, 1.54) is 0 Å². The number of H-pyrrole nitrogens is 1. The molecule has 0 amide bonds. The highest BCUT2D eigenvalue weighted by Gasteiger charge is 2.12. The van der Waals surface area contributed by atoms with Gasteiger partial charge in [-0.3, -0.25) is 0 Å². The van der Waals surface area contributed by atoms with Crippen molar-refractivity contribution in [3.05, 3.63) is 66.2 Å². The van der Waals surface area contributed by atoms with E-state index >= 15 is 0 Å². The van der Waals surface area contributed by atoms with Gasteiger partial charge in [0.15, 0.2) is 0 Å². The summed E-state index contributed by atoms with van der Waals surface area (Å²) in [5.74, 6) is 1.53. The Morgan fingerprint density at radius 2 is 2.08 bits per heavy atom. The molecule has 2 heterocycles. The lowest BCUT2D eigenvalue weighted by Crippen LogP contribution is -2.04. The first-order chi connectivity index (χ1) is 12.3. The van der Waals surface area contributed by atoms with Crippen LogP contribution in [0.2, 0.25) is 5.02 Å². The van der Waals surface area contributed by atoms with Gasteiger partial charge in [0.25, 0.3) is 0 Å². The van der Waals surface area contributed by atoms with Gasteiger partial charge in [0.2, 0.25) is 0 Å². The number of para-hydroxylation sites is 2. The van der Waals surface area contributed by atoms with E-state index in [4.69, 9.17) is 16.3 Å². The monoisotopic (exact) mass is 352 g/mol. The largest absolute Gasteiger partial charge is 0.493 e. The molecule has 0 unspecified atom stereocenters. The van der Waals surface area contributed by atoms with Crippen LogP contribution in [0.3, 0.4) is 0 Å². The third kappa shape index (κ3) is 3.51. The molecule has 5 nitrogen and oxygen atoms in total. The van der Waals surface area contributed by atoms with Gasteiger partial charge >= 0.3 is 0 Å². The molecule has 4 aromatic rings. The summed E-state index contributed by atoms with van der Waals surface area (Å²) in [5, 5.41) is 0.654. The molecule has 0 saturated heterocycles. The summed E-state index contributed by atoms with van der Waals surface area (Å²) in [6, 6.07) is 13.5. The topological polar surface area (TPSA) is 55.7 Å². The zero-order chi connectivity index (χ0) is 17.1. The minimum Gasteiger partial charge on any atom is -0.493 e. The number of imidazole rings is 2. The number of aromatic nitrogens is 4. The average Bonchev–Trinajstić information content (AvgIpc) is 3.29. The summed E-state index contributed by atoms with van der Waals surface area (Å²) in [4.78, 5) is 12.0. The molecule has 6 heteroatoms. The lowest BCUT2D eigenvalue weighted by Gasteiger charge is -2.11. The Morgan fingerprint density at radius 1 is 1.16 bits per heavy atom. The van der Waals surface area contributed by atoms with Crippen LogP contribution in [-0.4, -0.2) is 26.1 Å². The van der Waals surface area contributed by atoms with Crippen molar-refractivity contribution in [1.82, 2.24) is 19.5 Å². The van der Waals surface area contributed by atoms with Gasteiger partial charge in [0.05, 0.1) is 29.5 Å². The molecule has 0 aliphatic carbocycles. The van der Waals surface area contributed by atoms with Gasteiger partial charge in [-0.15, -0.1) is 0 Å². The number of aromatic amines is 1. The standard InChI is InChI=1S/C19H17ClN4O/c20-14-6-7-18(25-11-3-9-24-10-8-21-13-24)15(12-14)19-22-16-4-1-2-5-17(16)23-19/h1-2,4-8,10,12-13H,3,9,11H2,(H,22,23). The third-order valence-electron chi connectivity index (χ3n) is 3.96. The van der Waals surface area contributed by atoms with E-state index in [0.717, 1.165) is 41.1 Å². The number of aryl methyl sites for hydroxylation is 1. The van der Waals surface area contributed by atoms with E-state index in [0.29, 0.717) is 11.6 Å². The van der Waals surface area contributed by atoms with Crippen molar-refractivity contribution in [1.29, 1.82) is 0 Å². The van der Waals surface area contributed by atoms with E-state index in [9.17, 15) is 0 Å². The summed E-state index contributed by atoms with van der Waals surface area (Å²) in [5.41, 5.74) is 2.78. The van der Waals surface area contributed by atoms with Crippen molar-refractivity contribution in [3.8, 4) is 17.1 Å². The zero-order valence-electron chi connectivity index (χ0n) is 13.5. The molecule has 1 N–H and O–H groups in total. The van der Waals surface area contributed by atoms with Crippen LogP contribution in [-0.2, 0) is 6.54 Å². The predicted octanol–water partition coefficient (Wildman–Crippen LogP) is 4.55. The smallest absolute Gasteiger partial charge is 0.142 e. The number of ether oxygens (including phenoxy) is 1. The summed E-state index contributed by atoms with van der Waals surface area (Å²) >= 11 is 6.19. The third-order valence-corrected chi connectivity index (χ3v) is 4.20. The maximum Gasteiger partial charge on any atom is 0.142 e. The first-order valence-electron chi connectivity index (χ1n) is 8.13. The molecular formula is C19H17ClN4O. The Morgan fingerprint density at radius 3 is 2.92 bits per heavy atom. The van der Waals surface area contributed by atoms with Crippen molar-refractivity contribution in [2.45, 2.75) is 13.0 Å². The van der Waals surface area contributed by atoms with E-state index in [1.807, 2.05) is 59.6 Å². The molecule has 0 fully saturated rings. The Balaban J connectivity index is 1.53. The number of nitrogens with zero attached hydrogens (tertiary/aromatic N) is 3. The number of halogens is 1. The fraction of sp³-hybridized carbons (Fsp3) is 0.158. The summed E-state index contributed by atoms with van der Waals surface area (Å²) < 4.78 is 8.02. The fourth-order valence-corrected chi connectivity index (χ4v) is 2.91. The number of rotatable bonds is 6. The van der Waals surface area contributed by atoms with Crippen LogP contribution >= 0.6 is 11.6 Å². The van der Waals surface area contributed by atoms with E-state index in [-0.39, 0.29) is 0 Å². The second-order valence-electron chi connectivity index (χ2n) is 5.75. The van der Waals surface area contributed by atoms with Crippen LogP contribution in [0.1, 0.15) is 6.42 Å². The molecule has 25 heavy (non-hydrogen) atoms. The zero-order valence-corrected chi connectivity index (χ0v) is 14.3. The molecule has 0 saturated carbocycles. The summed E-state index contributed by atoms with van der Waals surface area (Å²) in [6.07, 6.45) is 6.42. The highest BCUT2D eigenvalue weighted by atomic mass is 35.5. The van der Waals surface area contributed by atoms with Gasteiger partial charge in [-0.2, -0.15) is 0 Å². The van der Waals surface area contributed by atoms with Gasteiger partial charge in [-0.25, -0.2) is 9.97 Å². The van der Waals surface area contributed by atoms with Crippen molar-refractivity contribution in [2.24, 2.45) is 0 Å². The average molecular weight is 353 g/mol. The van der Waals surface area contributed by atoms with Crippen molar-refractivity contribution in [3.63, 3.8) is 0 Å². The molecule has 0 spiro atoms. The van der Waals surface area contributed by atoms with Gasteiger partial charge in [-0.05, 0) is 36.8 Å². The Hall–Kier alpha value is -2.79. The van der Waals surface area contributed by atoms with Crippen LogP contribution in [0.5, 0.6) is 5.75 Å². The van der Waals surface area contributed by atoms with E-state index in [2.05, 4.69) is 15.0 Å². The molecular weight excluding hydrogens is 336 g/mol. The van der Waals surface area contributed by atoms with Crippen LogP contribution < -0.4 is 4.74 Å². The molecule has 0 aliphatic rings. The lowest BCUT2D eigenvalue weighted by atomic mass is 10.2. The van der Waals surface area contributed by atoms with Crippen LogP contribution in [0.15, 0.2) is 61.2 Å². The first kappa shape index (κ1) is 15.7. The minimum atomic E-state index is 0.604. The predicted molar refractivity (Wildman–Crippen MR) is 98.9 cm³/mol. The summed E-state index contributed by atoms with van der Waals surface area (Å²) in [7, 11) is 0. The first-order valence-corrected chi connectivity index (χ1v) is 8.50. The summed E-state index contributed by atoms with van der Waals surface area (Å²) in [6.45, 7) is 1.47. The van der Waals surface area contributed by atoms with Gasteiger partial charge in [0, 0.05) is 24.0 Å². The Bertz CT molecular complexity index is 945. The number of hydrogen-bond acceptors (Lipinski definition) is 3. The SMILES string of the molecule is Clc1ccc(OCCCn2ccnc2)c(-c2nc3ccccc3[nH]2)c1. The van der Waals surface area contributed by atoms with Crippen molar-refractivity contribution in [2.75, 3.05) is 6.61 Å². The fourth-order valence-electron chi connectivity index (χ4n) is 2.74. The Labute approximate surface area is 150 Å². The lowest BCUT2D eigenvalue weighted by molar-refractivity contribution is 0.303.